The zero-order chi connectivity index (χ0) is 13.8. The number of rotatable bonds is 6. The maximum absolute atomic E-state index is 12.5. The van der Waals surface area contributed by atoms with Crippen LogP contribution in [-0.4, -0.2) is 30.7 Å². The lowest BCUT2D eigenvalue weighted by Gasteiger charge is -2.17. The van der Waals surface area contributed by atoms with Gasteiger partial charge in [-0.1, -0.05) is 23.7 Å². The van der Waals surface area contributed by atoms with E-state index in [0.29, 0.717) is 10.6 Å². The van der Waals surface area contributed by atoms with Crippen LogP contribution in [0.2, 0.25) is 5.02 Å². The summed E-state index contributed by atoms with van der Waals surface area (Å²) < 4.78 is 53.0. The summed E-state index contributed by atoms with van der Waals surface area (Å²) in [7, 11) is 0. The van der Waals surface area contributed by atoms with E-state index in [4.69, 9.17) is 11.6 Å². The van der Waals surface area contributed by atoms with Gasteiger partial charge in [0.25, 0.3) is 0 Å². The van der Waals surface area contributed by atoms with E-state index in [1.165, 1.54) is 12.1 Å². The molecule has 0 saturated carbocycles. The number of hydrogen-bond donors (Lipinski definition) is 1. The highest BCUT2D eigenvalue weighted by atomic mass is 35.5. The molecule has 1 unspecified atom stereocenters. The third-order valence-corrected chi connectivity index (χ3v) is 2.36. The van der Waals surface area contributed by atoms with E-state index < -0.39 is 31.7 Å². The van der Waals surface area contributed by atoms with Crippen molar-refractivity contribution in [3.05, 3.63) is 34.9 Å². The van der Waals surface area contributed by atoms with Crippen molar-refractivity contribution in [2.45, 2.75) is 18.5 Å². The van der Waals surface area contributed by atoms with Crippen molar-refractivity contribution in [1.82, 2.24) is 0 Å². The lowest BCUT2D eigenvalue weighted by Crippen LogP contribution is -2.33. The van der Waals surface area contributed by atoms with Crippen LogP contribution in [0, 0.1) is 0 Å². The lowest BCUT2D eigenvalue weighted by atomic mass is 10.1. The molecular weight excluding hydrogens is 276 g/mol. The van der Waals surface area contributed by atoms with Gasteiger partial charge in [-0.25, -0.2) is 8.78 Å². The molecule has 0 spiro atoms. The SMILES string of the molecule is OC(COCC(F)(F)C(F)F)c1cccc(Cl)c1. The van der Waals surface area contributed by atoms with Gasteiger partial charge in [0.05, 0.1) is 6.61 Å². The standard InChI is InChI=1S/C11H11ClF4O2/c12-8-3-1-2-7(4-8)9(17)5-18-6-11(15,16)10(13)14/h1-4,9-10,17H,5-6H2. The van der Waals surface area contributed by atoms with Crippen LogP contribution in [0.5, 0.6) is 0 Å². The predicted octanol–water partition coefficient (Wildman–Crippen LogP) is 3.29. The second-order valence-electron chi connectivity index (χ2n) is 3.65. The molecule has 0 saturated heterocycles. The molecule has 0 aliphatic carbocycles. The summed E-state index contributed by atoms with van der Waals surface area (Å²) in [6.45, 7) is -1.95. The smallest absolute Gasteiger partial charge is 0.330 e. The van der Waals surface area contributed by atoms with E-state index in [9.17, 15) is 22.7 Å². The van der Waals surface area contributed by atoms with Crippen molar-refractivity contribution >= 4 is 11.6 Å². The van der Waals surface area contributed by atoms with Crippen molar-refractivity contribution in [1.29, 1.82) is 0 Å². The molecule has 1 atom stereocenters. The van der Waals surface area contributed by atoms with E-state index >= 15 is 0 Å². The number of halogens is 5. The highest BCUT2D eigenvalue weighted by molar-refractivity contribution is 6.30. The van der Waals surface area contributed by atoms with Gasteiger partial charge in [-0.05, 0) is 17.7 Å². The Morgan fingerprint density at radius 2 is 2.00 bits per heavy atom. The Kier molecular flexibility index (Phi) is 5.37. The quantitative estimate of drug-likeness (QED) is 0.813. The zero-order valence-corrected chi connectivity index (χ0v) is 9.88. The Labute approximate surface area is 106 Å². The fourth-order valence-corrected chi connectivity index (χ4v) is 1.38. The topological polar surface area (TPSA) is 29.5 Å². The number of alkyl halides is 4. The molecule has 102 valence electrons. The lowest BCUT2D eigenvalue weighted by molar-refractivity contribution is -0.170. The summed E-state index contributed by atoms with van der Waals surface area (Å²) in [5.74, 6) is -4.21. The van der Waals surface area contributed by atoms with Crippen molar-refractivity contribution < 1.29 is 27.4 Å². The maximum Gasteiger partial charge on any atom is 0.330 e. The summed E-state index contributed by atoms with van der Waals surface area (Å²) in [6, 6.07) is 6.09. The highest BCUT2D eigenvalue weighted by Gasteiger charge is 2.41. The predicted molar refractivity (Wildman–Crippen MR) is 58.2 cm³/mol. The summed E-state index contributed by atoms with van der Waals surface area (Å²) in [6.07, 6.45) is -4.99. The molecule has 0 aliphatic rings. The van der Waals surface area contributed by atoms with E-state index in [-0.39, 0.29) is 0 Å². The first-order valence-electron chi connectivity index (χ1n) is 5.00. The van der Waals surface area contributed by atoms with E-state index in [1.54, 1.807) is 12.1 Å². The van der Waals surface area contributed by atoms with Crippen LogP contribution in [0.4, 0.5) is 17.6 Å². The monoisotopic (exact) mass is 286 g/mol. The van der Waals surface area contributed by atoms with Crippen LogP contribution in [0.1, 0.15) is 11.7 Å². The Balaban J connectivity index is 2.45. The average molecular weight is 287 g/mol. The third-order valence-electron chi connectivity index (χ3n) is 2.12. The van der Waals surface area contributed by atoms with Gasteiger partial charge < -0.3 is 9.84 Å². The first kappa shape index (κ1) is 15.2. The first-order chi connectivity index (χ1) is 8.33. The second kappa shape index (κ2) is 6.36. The third kappa shape index (κ3) is 4.44. The van der Waals surface area contributed by atoms with Gasteiger partial charge in [0.1, 0.15) is 12.7 Å². The van der Waals surface area contributed by atoms with E-state index in [0.717, 1.165) is 0 Å². The van der Waals surface area contributed by atoms with Crippen molar-refractivity contribution in [3.8, 4) is 0 Å². The van der Waals surface area contributed by atoms with Crippen LogP contribution < -0.4 is 0 Å². The second-order valence-corrected chi connectivity index (χ2v) is 4.08. The van der Waals surface area contributed by atoms with E-state index in [2.05, 4.69) is 4.74 Å². The normalized spacial score (nSPS) is 13.9. The summed E-state index contributed by atoms with van der Waals surface area (Å²) >= 11 is 5.67. The molecular formula is C11H11ClF4O2. The van der Waals surface area contributed by atoms with Crippen LogP contribution in [0.25, 0.3) is 0 Å². The number of aliphatic hydroxyl groups excluding tert-OH is 1. The molecule has 0 fully saturated rings. The average Bonchev–Trinajstić information content (AvgIpc) is 2.28. The van der Waals surface area contributed by atoms with Gasteiger partial charge in [0.15, 0.2) is 0 Å². The number of benzene rings is 1. The molecule has 0 aliphatic heterocycles. The fourth-order valence-electron chi connectivity index (χ4n) is 1.18. The van der Waals surface area contributed by atoms with Gasteiger partial charge in [-0.15, -0.1) is 0 Å². The Hall–Kier alpha value is -0.850. The molecule has 18 heavy (non-hydrogen) atoms. The largest absolute Gasteiger partial charge is 0.386 e. The number of hydrogen-bond acceptors (Lipinski definition) is 2. The molecule has 0 heterocycles. The molecule has 2 nitrogen and oxygen atoms in total. The van der Waals surface area contributed by atoms with Crippen molar-refractivity contribution in [3.63, 3.8) is 0 Å². The molecule has 1 N–H and O–H groups in total. The molecule has 1 aromatic rings. The maximum atomic E-state index is 12.5. The van der Waals surface area contributed by atoms with Gasteiger partial charge >= 0.3 is 12.3 Å². The minimum Gasteiger partial charge on any atom is -0.386 e. The van der Waals surface area contributed by atoms with Crippen LogP contribution in [0.3, 0.4) is 0 Å². The molecule has 0 bridgehead atoms. The minimum absolute atomic E-state index is 0.364. The number of ether oxygens (including phenoxy) is 1. The zero-order valence-electron chi connectivity index (χ0n) is 9.12. The van der Waals surface area contributed by atoms with Gasteiger partial charge in [0, 0.05) is 5.02 Å². The van der Waals surface area contributed by atoms with E-state index in [1.807, 2.05) is 0 Å². The summed E-state index contributed by atoms with van der Waals surface area (Å²) in [4.78, 5) is 0. The summed E-state index contributed by atoms with van der Waals surface area (Å²) in [5, 5.41) is 9.93. The number of aliphatic hydroxyl groups is 1. The highest BCUT2D eigenvalue weighted by Crippen LogP contribution is 2.24. The Morgan fingerprint density at radius 1 is 1.33 bits per heavy atom. The molecule has 7 heteroatoms. The Morgan fingerprint density at radius 3 is 2.56 bits per heavy atom. The first-order valence-corrected chi connectivity index (χ1v) is 5.38. The molecule has 0 amide bonds. The molecule has 0 aromatic heterocycles. The van der Waals surface area contributed by atoms with Gasteiger partial charge in [-0.2, -0.15) is 8.78 Å². The molecule has 1 aromatic carbocycles. The fraction of sp³-hybridized carbons (Fsp3) is 0.455. The van der Waals surface area contributed by atoms with Crippen LogP contribution >= 0.6 is 11.6 Å². The minimum atomic E-state index is -4.21. The Bertz CT molecular complexity index is 387. The van der Waals surface area contributed by atoms with Gasteiger partial charge in [0.2, 0.25) is 0 Å². The van der Waals surface area contributed by atoms with Crippen LogP contribution in [0.15, 0.2) is 24.3 Å². The molecule has 1 rings (SSSR count). The van der Waals surface area contributed by atoms with Crippen LogP contribution in [-0.2, 0) is 4.74 Å². The van der Waals surface area contributed by atoms with Crippen molar-refractivity contribution in [2.24, 2.45) is 0 Å². The summed E-state index contributed by atoms with van der Waals surface area (Å²) in [5.41, 5.74) is 0.364. The van der Waals surface area contributed by atoms with Gasteiger partial charge in [-0.3, -0.25) is 0 Å². The van der Waals surface area contributed by atoms with Crippen molar-refractivity contribution in [2.75, 3.05) is 13.2 Å². The molecule has 0 radical (unpaired) electrons.